The number of carbonyl (C=O) groups excluding carboxylic acids is 2. The van der Waals surface area contributed by atoms with E-state index in [0.29, 0.717) is 17.8 Å². The number of hydrogen-bond acceptors (Lipinski definition) is 4. The molecule has 0 aromatic rings. The Hall–Kier alpha value is -1.52. The first kappa shape index (κ1) is 16.9. The molecule has 1 aliphatic heterocycles. The molecule has 0 unspecified atom stereocenters. The molecule has 0 aromatic carbocycles. The summed E-state index contributed by atoms with van der Waals surface area (Å²) < 4.78 is 10.4. The van der Waals surface area contributed by atoms with Crippen LogP contribution in [-0.4, -0.2) is 31.3 Å². The largest absolute Gasteiger partial charge is 0.508 e. The minimum Gasteiger partial charge on any atom is -0.438 e. The van der Waals surface area contributed by atoms with Crippen molar-refractivity contribution in [3.63, 3.8) is 0 Å². The predicted octanol–water partition coefficient (Wildman–Crippen LogP) is 3.44. The van der Waals surface area contributed by atoms with Crippen LogP contribution in [0.25, 0.3) is 0 Å². The minimum absolute atomic E-state index is 0.0296. The van der Waals surface area contributed by atoms with Gasteiger partial charge in [0, 0.05) is 16.9 Å². The van der Waals surface area contributed by atoms with E-state index < -0.39 is 6.16 Å². The lowest BCUT2D eigenvalue weighted by atomic mass is 9.48. The molecule has 5 nitrogen and oxygen atoms in total. The van der Waals surface area contributed by atoms with Gasteiger partial charge >= 0.3 is 6.16 Å². The zero-order chi connectivity index (χ0) is 17.8. The number of carbonyl (C=O) groups is 2. The summed E-state index contributed by atoms with van der Waals surface area (Å²) in [5.41, 5.74) is 0.111. The molecule has 0 aromatic heterocycles. The topological polar surface area (TPSA) is 64.6 Å². The van der Waals surface area contributed by atoms with E-state index in [1.165, 1.54) is 7.11 Å². The smallest absolute Gasteiger partial charge is 0.438 e. The number of nitrogens with one attached hydrogen (secondary N) is 1. The number of amides is 1. The number of methoxy groups -OCH3 is 1. The molecule has 4 aliphatic rings. The molecule has 3 aliphatic carbocycles. The van der Waals surface area contributed by atoms with Crippen molar-refractivity contribution in [3.05, 3.63) is 12.2 Å². The van der Waals surface area contributed by atoms with Crippen molar-refractivity contribution in [1.82, 2.24) is 5.32 Å². The fraction of sp³-hybridized carbons (Fsp3) is 0.800. The van der Waals surface area contributed by atoms with Crippen LogP contribution < -0.4 is 5.32 Å². The van der Waals surface area contributed by atoms with E-state index in [9.17, 15) is 9.59 Å². The first-order valence-corrected chi connectivity index (χ1v) is 9.63. The minimum atomic E-state index is -0.553. The van der Waals surface area contributed by atoms with E-state index in [1.807, 2.05) is 0 Å². The summed E-state index contributed by atoms with van der Waals surface area (Å²) in [6.45, 7) is 4.63. The monoisotopic (exact) mass is 347 g/mol. The van der Waals surface area contributed by atoms with Crippen LogP contribution in [0.3, 0.4) is 0 Å². The van der Waals surface area contributed by atoms with Crippen LogP contribution in [0.1, 0.15) is 52.4 Å². The second kappa shape index (κ2) is 5.75. The molecular formula is C20H29NO4. The highest BCUT2D eigenvalue weighted by Gasteiger charge is 2.60. The molecule has 0 spiro atoms. The third-order valence-corrected chi connectivity index (χ3v) is 8.00. The molecule has 3 saturated carbocycles. The SMILES string of the molecule is COC(=O)O[C@H]1CC[C@H]2[C@@H]3CC[C@H]4NC(=O)C=C[C@]4(C)[C@H]3CC[C@]12C. The van der Waals surface area contributed by atoms with Crippen molar-refractivity contribution < 1.29 is 19.1 Å². The lowest BCUT2D eigenvalue weighted by Crippen LogP contribution is -2.59. The number of ether oxygens (including phenoxy) is 2. The molecule has 1 heterocycles. The first-order chi connectivity index (χ1) is 11.9. The molecule has 7 atom stereocenters. The van der Waals surface area contributed by atoms with Crippen molar-refractivity contribution in [2.75, 3.05) is 7.11 Å². The first-order valence-electron chi connectivity index (χ1n) is 9.63. The molecule has 5 heteroatoms. The van der Waals surface area contributed by atoms with Gasteiger partial charge in [-0.15, -0.1) is 0 Å². The Morgan fingerprint density at radius 1 is 1.16 bits per heavy atom. The molecular weight excluding hydrogens is 318 g/mol. The second-order valence-corrected chi connectivity index (χ2v) is 8.90. The Morgan fingerprint density at radius 3 is 2.72 bits per heavy atom. The van der Waals surface area contributed by atoms with Gasteiger partial charge in [0.2, 0.25) is 5.91 Å². The number of rotatable bonds is 1. The maximum atomic E-state index is 11.8. The van der Waals surface area contributed by atoms with E-state index in [4.69, 9.17) is 9.47 Å². The Morgan fingerprint density at radius 2 is 1.96 bits per heavy atom. The summed E-state index contributed by atoms with van der Waals surface area (Å²) in [4.78, 5) is 23.4. The highest BCUT2D eigenvalue weighted by atomic mass is 16.7. The summed E-state index contributed by atoms with van der Waals surface area (Å²) in [6.07, 6.45) is 9.78. The average Bonchev–Trinajstić information content (AvgIpc) is 2.92. The summed E-state index contributed by atoms with van der Waals surface area (Å²) in [5.74, 6) is 1.88. The second-order valence-electron chi connectivity index (χ2n) is 8.90. The molecule has 1 N–H and O–H groups in total. The lowest BCUT2D eigenvalue weighted by molar-refractivity contribution is -0.123. The molecule has 0 radical (unpaired) electrons. The van der Waals surface area contributed by atoms with E-state index in [-0.39, 0.29) is 28.9 Å². The van der Waals surface area contributed by atoms with Gasteiger partial charge in [0.05, 0.1) is 7.11 Å². The average molecular weight is 347 g/mol. The van der Waals surface area contributed by atoms with E-state index in [2.05, 4.69) is 25.2 Å². The summed E-state index contributed by atoms with van der Waals surface area (Å²) >= 11 is 0. The Labute approximate surface area is 149 Å². The van der Waals surface area contributed by atoms with Crippen molar-refractivity contribution >= 4 is 12.1 Å². The van der Waals surface area contributed by atoms with Crippen LogP contribution in [0.2, 0.25) is 0 Å². The van der Waals surface area contributed by atoms with Gasteiger partial charge in [0.25, 0.3) is 0 Å². The maximum absolute atomic E-state index is 11.8. The third kappa shape index (κ3) is 2.42. The predicted molar refractivity (Wildman–Crippen MR) is 92.7 cm³/mol. The van der Waals surface area contributed by atoms with Crippen molar-refractivity contribution in [3.8, 4) is 0 Å². The van der Waals surface area contributed by atoms with Gasteiger partial charge in [-0.1, -0.05) is 19.9 Å². The lowest BCUT2D eigenvalue weighted by Gasteiger charge is -2.58. The highest BCUT2D eigenvalue weighted by Crippen LogP contribution is 2.63. The molecule has 1 amide bonds. The van der Waals surface area contributed by atoms with Gasteiger partial charge < -0.3 is 14.8 Å². The van der Waals surface area contributed by atoms with Gasteiger partial charge in [-0.3, -0.25) is 4.79 Å². The van der Waals surface area contributed by atoms with Crippen LogP contribution in [0.15, 0.2) is 12.2 Å². The normalized spacial score (nSPS) is 48.0. The highest BCUT2D eigenvalue weighted by molar-refractivity contribution is 5.89. The Bertz CT molecular complexity index is 617. The molecule has 0 saturated heterocycles. The fourth-order valence-corrected chi connectivity index (χ4v) is 6.64. The molecule has 0 bridgehead atoms. The van der Waals surface area contributed by atoms with Crippen molar-refractivity contribution in [2.45, 2.75) is 64.5 Å². The summed E-state index contributed by atoms with van der Waals surface area (Å²) in [5, 5.41) is 3.19. The summed E-state index contributed by atoms with van der Waals surface area (Å²) in [6, 6.07) is 0.263. The maximum Gasteiger partial charge on any atom is 0.508 e. The number of fused-ring (bicyclic) bond motifs is 5. The van der Waals surface area contributed by atoms with Crippen LogP contribution in [0.5, 0.6) is 0 Å². The fourth-order valence-electron chi connectivity index (χ4n) is 6.64. The van der Waals surface area contributed by atoms with Crippen LogP contribution >= 0.6 is 0 Å². The number of hydrogen-bond donors (Lipinski definition) is 1. The van der Waals surface area contributed by atoms with E-state index in [0.717, 1.165) is 38.5 Å². The Kier molecular flexibility index (Phi) is 3.89. The summed E-state index contributed by atoms with van der Waals surface area (Å²) in [7, 11) is 1.37. The van der Waals surface area contributed by atoms with Crippen LogP contribution in [0.4, 0.5) is 4.79 Å². The van der Waals surface area contributed by atoms with Crippen molar-refractivity contribution in [1.29, 1.82) is 0 Å². The molecule has 3 fully saturated rings. The van der Waals surface area contributed by atoms with Crippen LogP contribution in [0, 0.1) is 28.6 Å². The molecule has 25 heavy (non-hydrogen) atoms. The van der Waals surface area contributed by atoms with Crippen molar-refractivity contribution in [2.24, 2.45) is 28.6 Å². The Balaban J connectivity index is 1.59. The third-order valence-electron chi connectivity index (χ3n) is 8.00. The van der Waals surface area contributed by atoms with Gasteiger partial charge in [-0.05, 0) is 62.4 Å². The standard InChI is InChI=1S/C20H29NO4/c1-19-11-9-17(22)21-15(19)6-4-12-13-5-7-16(25-18(23)24-3)20(13,2)10-8-14(12)19/h9,11-16H,4-8,10H2,1-3H3,(H,21,22)/t12-,13-,14-,15+,16-,19+,20-/m0/s1. The molecule has 138 valence electrons. The van der Waals surface area contributed by atoms with Gasteiger partial charge in [0.1, 0.15) is 6.10 Å². The van der Waals surface area contributed by atoms with E-state index >= 15 is 0 Å². The van der Waals surface area contributed by atoms with Gasteiger partial charge in [0.15, 0.2) is 0 Å². The van der Waals surface area contributed by atoms with Gasteiger partial charge in [-0.2, -0.15) is 0 Å². The quantitative estimate of drug-likeness (QED) is 0.738. The van der Waals surface area contributed by atoms with Crippen LogP contribution in [-0.2, 0) is 14.3 Å². The van der Waals surface area contributed by atoms with E-state index in [1.54, 1.807) is 6.08 Å². The molecule has 4 rings (SSSR count). The zero-order valence-electron chi connectivity index (χ0n) is 15.4. The zero-order valence-corrected chi connectivity index (χ0v) is 15.4. The van der Waals surface area contributed by atoms with Gasteiger partial charge in [-0.25, -0.2) is 4.79 Å².